The molecule has 0 amide bonds. The van der Waals surface area contributed by atoms with Crippen molar-refractivity contribution in [2.75, 3.05) is 64.1 Å². The molecule has 2 aromatic rings. The molecule has 35 heavy (non-hydrogen) atoms. The van der Waals surface area contributed by atoms with Crippen LogP contribution in [-0.4, -0.2) is 86.6 Å². The van der Waals surface area contributed by atoms with Crippen molar-refractivity contribution in [2.45, 2.75) is 45.4 Å². The Kier molecular flexibility index (Phi) is 9.51. The molecule has 4 rings (SSSR count). The van der Waals surface area contributed by atoms with Crippen molar-refractivity contribution >= 4 is 5.88 Å². The standard InChI is InChI=1S/C26H38FN3O5/c1-19(2)17-33-18-22(31)14-29(15-23-4-3-11-34-23)16-24-25(20-5-7-21(27)8-6-20)28-35-26(24)30-9-12-32-13-10-30/h5-8,19,22-23,31H,3-4,9-18H2,1-2H3/t22-,23+/m0/s1. The normalized spacial score (nSPS) is 19.7. The van der Waals surface area contributed by atoms with Gasteiger partial charge in [0.05, 0.1) is 37.6 Å². The zero-order valence-corrected chi connectivity index (χ0v) is 20.8. The number of morpholine rings is 1. The van der Waals surface area contributed by atoms with Crippen LogP contribution in [0.25, 0.3) is 11.3 Å². The summed E-state index contributed by atoms with van der Waals surface area (Å²) in [5.74, 6) is 0.823. The van der Waals surface area contributed by atoms with Gasteiger partial charge < -0.3 is 28.7 Å². The Labute approximate surface area is 206 Å². The van der Waals surface area contributed by atoms with E-state index >= 15 is 0 Å². The van der Waals surface area contributed by atoms with Crippen molar-refractivity contribution in [1.29, 1.82) is 0 Å². The number of aliphatic hydroxyl groups is 1. The van der Waals surface area contributed by atoms with E-state index in [1.165, 1.54) is 12.1 Å². The molecule has 8 nitrogen and oxygen atoms in total. The Morgan fingerprint density at radius 3 is 2.63 bits per heavy atom. The quantitative estimate of drug-likeness (QED) is 0.484. The van der Waals surface area contributed by atoms with Crippen molar-refractivity contribution in [3.63, 3.8) is 0 Å². The molecule has 1 aromatic carbocycles. The molecule has 0 aliphatic carbocycles. The second-order valence-corrected chi connectivity index (χ2v) is 9.84. The van der Waals surface area contributed by atoms with E-state index in [1.54, 1.807) is 12.1 Å². The highest BCUT2D eigenvalue weighted by Gasteiger charge is 2.28. The lowest BCUT2D eigenvalue weighted by Gasteiger charge is -2.30. The van der Waals surface area contributed by atoms with Crippen molar-refractivity contribution in [1.82, 2.24) is 10.1 Å². The summed E-state index contributed by atoms with van der Waals surface area (Å²) in [6.45, 7) is 10.2. The van der Waals surface area contributed by atoms with Crippen LogP contribution in [0.1, 0.15) is 32.3 Å². The van der Waals surface area contributed by atoms with E-state index in [2.05, 4.69) is 28.8 Å². The van der Waals surface area contributed by atoms with Crippen LogP contribution in [0.5, 0.6) is 0 Å². The van der Waals surface area contributed by atoms with Gasteiger partial charge in [-0.3, -0.25) is 4.90 Å². The maximum atomic E-state index is 13.6. The van der Waals surface area contributed by atoms with E-state index in [4.69, 9.17) is 18.7 Å². The molecule has 0 saturated carbocycles. The molecule has 0 spiro atoms. The number of aromatic nitrogens is 1. The Morgan fingerprint density at radius 2 is 1.94 bits per heavy atom. The molecule has 2 fully saturated rings. The molecule has 0 unspecified atom stereocenters. The molecule has 1 aromatic heterocycles. The number of halogens is 1. The third kappa shape index (κ3) is 7.47. The molecule has 1 N–H and O–H groups in total. The molecular formula is C26H38FN3O5. The van der Waals surface area contributed by atoms with Gasteiger partial charge in [-0.05, 0) is 43.0 Å². The van der Waals surface area contributed by atoms with Crippen LogP contribution >= 0.6 is 0 Å². The number of hydrogen-bond donors (Lipinski definition) is 1. The maximum absolute atomic E-state index is 13.6. The first kappa shape index (κ1) is 26.0. The summed E-state index contributed by atoms with van der Waals surface area (Å²) in [6, 6.07) is 6.31. The number of ether oxygens (including phenoxy) is 3. The van der Waals surface area contributed by atoms with Crippen molar-refractivity contribution in [2.24, 2.45) is 5.92 Å². The van der Waals surface area contributed by atoms with Gasteiger partial charge in [0.25, 0.3) is 0 Å². The fourth-order valence-electron chi connectivity index (χ4n) is 4.59. The van der Waals surface area contributed by atoms with Gasteiger partial charge in [0.2, 0.25) is 5.88 Å². The van der Waals surface area contributed by atoms with Gasteiger partial charge in [0.1, 0.15) is 11.5 Å². The van der Waals surface area contributed by atoms with Crippen LogP contribution in [0, 0.1) is 11.7 Å². The lowest BCUT2D eigenvalue weighted by atomic mass is 10.1. The number of nitrogens with zero attached hydrogens (tertiary/aromatic N) is 3. The number of rotatable bonds is 12. The minimum Gasteiger partial charge on any atom is -0.389 e. The molecule has 2 saturated heterocycles. The van der Waals surface area contributed by atoms with E-state index in [-0.39, 0.29) is 18.5 Å². The third-order valence-corrected chi connectivity index (χ3v) is 6.28. The van der Waals surface area contributed by atoms with Crippen LogP contribution < -0.4 is 4.90 Å². The Balaban J connectivity index is 1.57. The fraction of sp³-hybridized carbons (Fsp3) is 0.654. The number of hydrogen-bond acceptors (Lipinski definition) is 8. The van der Waals surface area contributed by atoms with Crippen LogP contribution in [0.3, 0.4) is 0 Å². The monoisotopic (exact) mass is 491 g/mol. The summed E-state index contributed by atoms with van der Waals surface area (Å²) in [4.78, 5) is 4.34. The van der Waals surface area contributed by atoms with Crippen LogP contribution in [0.15, 0.2) is 28.8 Å². The van der Waals surface area contributed by atoms with Crippen molar-refractivity contribution < 1.29 is 28.2 Å². The molecule has 3 heterocycles. The second-order valence-electron chi connectivity index (χ2n) is 9.84. The van der Waals surface area contributed by atoms with Gasteiger partial charge in [-0.15, -0.1) is 0 Å². The number of anilines is 1. The molecular weight excluding hydrogens is 453 g/mol. The highest BCUT2D eigenvalue weighted by Crippen LogP contribution is 2.33. The first-order chi connectivity index (χ1) is 17.0. The van der Waals surface area contributed by atoms with Crippen LogP contribution in [0.4, 0.5) is 10.3 Å². The summed E-state index contributed by atoms with van der Waals surface area (Å²) >= 11 is 0. The Bertz CT molecular complexity index is 895. The molecule has 194 valence electrons. The van der Waals surface area contributed by atoms with Crippen LogP contribution in [-0.2, 0) is 20.8 Å². The van der Waals surface area contributed by atoms with Gasteiger partial charge in [0.15, 0.2) is 0 Å². The van der Waals surface area contributed by atoms with E-state index in [1.807, 2.05) is 0 Å². The summed E-state index contributed by atoms with van der Waals surface area (Å²) in [5, 5.41) is 15.2. The highest BCUT2D eigenvalue weighted by atomic mass is 19.1. The maximum Gasteiger partial charge on any atom is 0.232 e. The first-order valence-electron chi connectivity index (χ1n) is 12.7. The third-order valence-electron chi connectivity index (χ3n) is 6.28. The molecule has 2 atom stereocenters. The lowest BCUT2D eigenvalue weighted by Crippen LogP contribution is -2.40. The smallest absolute Gasteiger partial charge is 0.232 e. The molecule has 0 bridgehead atoms. The van der Waals surface area contributed by atoms with Gasteiger partial charge in [-0.25, -0.2) is 4.39 Å². The minimum atomic E-state index is -0.629. The van der Waals surface area contributed by atoms with E-state index < -0.39 is 6.10 Å². The predicted octanol–water partition coefficient (Wildman–Crippen LogP) is 3.33. The van der Waals surface area contributed by atoms with Gasteiger partial charge in [0, 0.05) is 51.5 Å². The Morgan fingerprint density at radius 1 is 1.17 bits per heavy atom. The lowest BCUT2D eigenvalue weighted by molar-refractivity contribution is -0.00389. The van der Waals surface area contributed by atoms with Gasteiger partial charge >= 0.3 is 0 Å². The second kappa shape index (κ2) is 12.8. The zero-order valence-electron chi connectivity index (χ0n) is 20.8. The number of aliphatic hydroxyl groups excluding tert-OH is 1. The molecule has 2 aliphatic heterocycles. The summed E-state index contributed by atoms with van der Waals surface area (Å²) in [6.07, 6.45) is 1.54. The predicted molar refractivity (Wildman–Crippen MR) is 131 cm³/mol. The van der Waals surface area contributed by atoms with Gasteiger partial charge in [-0.1, -0.05) is 19.0 Å². The highest BCUT2D eigenvalue weighted by molar-refractivity contribution is 5.68. The topological polar surface area (TPSA) is 80.4 Å². The van der Waals surface area contributed by atoms with E-state index in [9.17, 15) is 9.50 Å². The largest absolute Gasteiger partial charge is 0.389 e. The zero-order chi connectivity index (χ0) is 24.6. The van der Waals surface area contributed by atoms with Crippen molar-refractivity contribution in [3.8, 4) is 11.3 Å². The number of benzene rings is 1. The molecule has 2 aliphatic rings. The average Bonchev–Trinajstić information content (AvgIpc) is 3.50. The van der Waals surface area contributed by atoms with Gasteiger partial charge in [-0.2, -0.15) is 0 Å². The van der Waals surface area contributed by atoms with E-state index in [0.29, 0.717) is 70.0 Å². The Hall–Kier alpha value is -2.04. The summed E-state index contributed by atoms with van der Waals surface area (Å²) < 4.78 is 36.6. The van der Waals surface area contributed by atoms with E-state index in [0.717, 1.165) is 30.6 Å². The fourth-order valence-corrected chi connectivity index (χ4v) is 4.59. The SMILES string of the molecule is CC(C)COC[C@@H](O)CN(Cc1c(-c2ccc(F)cc2)noc1N1CCOCC1)C[C@H]1CCCO1. The average molecular weight is 492 g/mol. The first-order valence-corrected chi connectivity index (χ1v) is 12.7. The molecule has 9 heteroatoms. The molecule has 0 radical (unpaired) electrons. The summed E-state index contributed by atoms with van der Waals surface area (Å²) in [7, 11) is 0. The summed E-state index contributed by atoms with van der Waals surface area (Å²) in [5.41, 5.74) is 2.41. The van der Waals surface area contributed by atoms with Crippen molar-refractivity contribution in [3.05, 3.63) is 35.6 Å². The van der Waals surface area contributed by atoms with Crippen LogP contribution in [0.2, 0.25) is 0 Å². The minimum absolute atomic E-state index is 0.125.